The fourth-order valence-corrected chi connectivity index (χ4v) is 1.51. The first-order chi connectivity index (χ1) is 7.06. The maximum atomic E-state index is 13.5. The van der Waals surface area contributed by atoms with Gasteiger partial charge in [0.1, 0.15) is 5.82 Å². The summed E-state index contributed by atoms with van der Waals surface area (Å²) in [7, 11) is 0. The van der Waals surface area contributed by atoms with Crippen LogP contribution in [0.25, 0.3) is 0 Å². The quantitative estimate of drug-likeness (QED) is 0.714. The molecule has 70 valence electrons. The maximum Gasteiger partial charge on any atom is 0.129 e. The molecule has 1 aromatic rings. The number of rotatable bonds is 1. The van der Waals surface area contributed by atoms with Gasteiger partial charge < -0.3 is 10.5 Å². The summed E-state index contributed by atoms with van der Waals surface area (Å²) in [5.74, 6) is -0.452. The Kier molecular flexibility index (Phi) is 1.72. The van der Waals surface area contributed by atoms with Crippen LogP contribution in [0.5, 0.6) is 0 Å². The van der Waals surface area contributed by atoms with Crippen molar-refractivity contribution in [2.45, 2.75) is 12.5 Å². The summed E-state index contributed by atoms with van der Waals surface area (Å²) >= 11 is 0. The second-order valence-corrected chi connectivity index (χ2v) is 2.91. The van der Waals surface area contributed by atoms with Gasteiger partial charge in [-0.2, -0.15) is 0 Å². The average Bonchev–Trinajstić information content (AvgIpc) is 2.19. The van der Waals surface area contributed by atoms with Gasteiger partial charge in [0.05, 0.1) is 12.7 Å². The van der Waals surface area contributed by atoms with E-state index in [1.165, 1.54) is 12.1 Å². The number of hydrogen-bond acceptors (Lipinski definition) is 2. The zero-order valence-corrected chi connectivity index (χ0v) is 7.09. The van der Waals surface area contributed by atoms with Crippen LogP contribution in [0.4, 0.5) is 4.39 Å². The summed E-state index contributed by atoms with van der Waals surface area (Å²) in [6.45, 7) is 0.0787. The monoisotopic (exact) mass is 183 g/mol. The van der Waals surface area contributed by atoms with Crippen LogP contribution in [0.15, 0.2) is 18.2 Å². The van der Waals surface area contributed by atoms with E-state index in [1.54, 1.807) is 6.07 Å². The van der Waals surface area contributed by atoms with Gasteiger partial charge >= 0.3 is 0 Å². The van der Waals surface area contributed by atoms with Gasteiger partial charge in [0.2, 0.25) is 0 Å². The second-order valence-electron chi connectivity index (χ2n) is 2.91. The molecule has 0 spiro atoms. The minimum absolute atomic E-state index is 0.0781. The van der Waals surface area contributed by atoms with Crippen LogP contribution in [0.1, 0.15) is 20.0 Å². The predicted octanol–water partition coefficient (Wildman–Crippen LogP) is 1.40. The molecular formula is C10H12FNO. The van der Waals surface area contributed by atoms with Crippen LogP contribution < -0.4 is 5.73 Å². The Labute approximate surface area is 79.3 Å². The third-order valence-corrected chi connectivity index (χ3v) is 2.14. The molecule has 2 rings (SSSR count). The highest BCUT2D eigenvalue weighted by atomic mass is 19.1. The minimum Gasteiger partial charge on any atom is -0.372 e. The van der Waals surface area contributed by atoms with Crippen LogP contribution in [0, 0.1) is 5.82 Å². The molecule has 2 N–H and O–H groups in total. The van der Waals surface area contributed by atoms with Crippen LogP contribution in [-0.4, -0.2) is 13.2 Å². The van der Waals surface area contributed by atoms with Crippen molar-refractivity contribution >= 4 is 0 Å². The molecule has 0 fully saturated rings. The molecule has 2 nitrogen and oxygen atoms in total. The van der Waals surface area contributed by atoms with E-state index in [0.717, 1.165) is 0 Å². The minimum atomic E-state index is -1.64. The molecule has 1 aliphatic rings. The smallest absolute Gasteiger partial charge is 0.129 e. The Morgan fingerprint density at radius 2 is 2.54 bits per heavy atom. The fraction of sp³-hybridized carbons (Fsp3) is 0.400. The predicted molar refractivity (Wildman–Crippen MR) is 47.9 cm³/mol. The highest BCUT2D eigenvalue weighted by Crippen LogP contribution is 2.28. The Bertz CT molecular complexity index is 384. The molecule has 1 heterocycles. The lowest BCUT2D eigenvalue weighted by Gasteiger charge is -2.25. The third-order valence-electron chi connectivity index (χ3n) is 2.14. The number of fused-ring (bicyclic) bond motifs is 1. The highest BCUT2D eigenvalue weighted by molar-refractivity contribution is 5.32. The van der Waals surface area contributed by atoms with Crippen molar-refractivity contribution in [2.75, 3.05) is 13.2 Å². The maximum absolute atomic E-state index is 13.5. The SMILES string of the molecule is [2H]C1([2H])CO[C@@H](CN)c2c(F)cccc21. The van der Waals surface area contributed by atoms with E-state index in [2.05, 4.69) is 0 Å². The molecular weight excluding hydrogens is 169 g/mol. The zero-order chi connectivity index (χ0) is 11.1. The van der Waals surface area contributed by atoms with E-state index in [0.29, 0.717) is 5.56 Å². The number of nitrogens with two attached hydrogens (primary N) is 1. The van der Waals surface area contributed by atoms with Gasteiger partial charge in [-0.05, 0) is 18.0 Å². The Hall–Kier alpha value is -0.930. The van der Waals surface area contributed by atoms with Gasteiger partial charge in [0.25, 0.3) is 0 Å². The van der Waals surface area contributed by atoms with Crippen LogP contribution in [0.2, 0.25) is 0 Å². The Morgan fingerprint density at radius 1 is 1.69 bits per heavy atom. The van der Waals surface area contributed by atoms with E-state index >= 15 is 0 Å². The molecule has 0 bridgehead atoms. The van der Waals surface area contributed by atoms with E-state index < -0.39 is 18.3 Å². The topological polar surface area (TPSA) is 35.2 Å². The van der Waals surface area contributed by atoms with Crippen molar-refractivity contribution in [3.63, 3.8) is 0 Å². The molecule has 0 unspecified atom stereocenters. The van der Waals surface area contributed by atoms with Crippen molar-refractivity contribution in [3.05, 3.63) is 35.1 Å². The summed E-state index contributed by atoms with van der Waals surface area (Å²) in [5, 5.41) is 0. The molecule has 0 radical (unpaired) electrons. The molecule has 0 saturated heterocycles. The molecule has 0 amide bonds. The normalized spacial score (nSPS) is 27.4. The largest absolute Gasteiger partial charge is 0.372 e. The fourth-order valence-electron chi connectivity index (χ4n) is 1.51. The lowest BCUT2D eigenvalue weighted by atomic mass is 9.97. The van der Waals surface area contributed by atoms with Crippen molar-refractivity contribution in [3.8, 4) is 0 Å². The summed E-state index contributed by atoms with van der Waals surface area (Å²) in [4.78, 5) is 0. The number of hydrogen-bond donors (Lipinski definition) is 1. The van der Waals surface area contributed by atoms with Crippen molar-refractivity contribution < 1.29 is 11.9 Å². The van der Waals surface area contributed by atoms with E-state index in [9.17, 15) is 4.39 Å². The van der Waals surface area contributed by atoms with Crippen molar-refractivity contribution in [1.29, 1.82) is 0 Å². The Morgan fingerprint density at radius 3 is 3.31 bits per heavy atom. The van der Waals surface area contributed by atoms with Crippen LogP contribution in [-0.2, 0) is 11.1 Å². The number of halogens is 1. The van der Waals surface area contributed by atoms with Crippen molar-refractivity contribution in [2.24, 2.45) is 5.73 Å². The van der Waals surface area contributed by atoms with Gasteiger partial charge in [-0.25, -0.2) is 4.39 Å². The molecule has 1 aliphatic heterocycles. The summed E-state index contributed by atoms with van der Waals surface area (Å²) in [5.41, 5.74) is 6.07. The van der Waals surface area contributed by atoms with Gasteiger partial charge in [-0.1, -0.05) is 12.1 Å². The molecule has 3 heteroatoms. The third kappa shape index (κ3) is 1.45. The van der Waals surface area contributed by atoms with E-state index in [1.807, 2.05) is 0 Å². The standard InChI is InChI=1S/C10H12FNO/c11-8-3-1-2-7-4-5-13-9(6-12)10(7)8/h1-3,9H,4-6,12H2/t9-/m0/s1/i4D2. The molecule has 1 atom stereocenters. The van der Waals surface area contributed by atoms with Crippen LogP contribution in [0.3, 0.4) is 0 Å². The summed E-state index contributed by atoms with van der Waals surface area (Å²) in [6.07, 6.45) is -2.17. The van der Waals surface area contributed by atoms with E-state index in [-0.39, 0.29) is 18.7 Å². The first kappa shape index (κ1) is 6.51. The van der Waals surface area contributed by atoms with Gasteiger partial charge in [0, 0.05) is 14.8 Å². The molecule has 0 aliphatic carbocycles. The van der Waals surface area contributed by atoms with Gasteiger partial charge in [0.15, 0.2) is 0 Å². The average molecular weight is 183 g/mol. The van der Waals surface area contributed by atoms with Gasteiger partial charge in [-0.3, -0.25) is 0 Å². The number of ether oxygens (including phenoxy) is 1. The first-order valence-electron chi connectivity index (χ1n) is 5.17. The zero-order valence-electron chi connectivity index (χ0n) is 9.09. The highest BCUT2D eigenvalue weighted by Gasteiger charge is 2.22. The lowest BCUT2D eigenvalue weighted by Crippen LogP contribution is -2.24. The second kappa shape index (κ2) is 3.44. The molecule has 0 aromatic heterocycles. The molecule has 1 aromatic carbocycles. The Balaban J connectivity index is 2.58. The molecule has 13 heavy (non-hydrogen) atoms. The summed E-state index contributed by atoms with van der Waals surface area (Å²) in [6, 6.07) is 4.39. The summed E-state index contributed by atoms with van der Waals surface area (Å²) < 4.78 is 34.2. The van der Waals surface area contributed by atoms with Gasteiger partial charge in [-0.15, -0.1) is 0 Å². The van der Waals surface area contributed by atoms with Crippen molar-refractivity contribution in [1.82, 2.24) is 0 Å². The lowest BCUT2D eigenvalue weighted by molar-refractivity contribution is 0.0456. The van der Waals surface area contributed by atoms with E-state index in [4.69, 9.17) is 13.2 Å². The first-order valence-corrected chi connectivity index (χ1v) is 4.17. The van der Waals surface area contributed by atoms with Crippen LogP contribution >= 0.6 is 0 Å². The molecule has 0 saturated carbocycles. The number of benzene rings is 1.